The van der Waals surface area contributed by atoms with Crippen molar-refractivity contribution in [3.8, 4) is 17.2 Å². The lowest BCUT2D eigenvalue weighted by molar-refractivity contribution is -0.286. The minimum atomic E-state index is -4.67. The maximum Gasteiger partial charge on any atom is 0.586 e. The topological polar surface area (TPSA) is 100 Å². The fourth-order valence-electron chi connectivity index (χ4n) is 3.48. The highest BCUT2D eigenvalue weighted by molar-refractivity contribution is 7.17. The maximum absolute atomic E-state index is 13.6. The number of aliphatic hydroxyl groups excluding tert-OH is 1. The third kappa shape index (κ3) is 7.54. The molecule has 0 saturated carbocycles. The molecule has 0 saturated heterocycles. The molecule has 3 N–H and O–H groups in total. The predicted octanol–water partition coefficient (Wildman–Crippen LogP) is 4.35. The van der Waals surface area contributed by atoms with E-state index in [-0.39, 0.29) is 43.3 Å². The molecule has 0 aliphatic carbocycles. The maximum atomic E-state index is 13.6. The highest BCUT2D eigenvalue weighted by Gasteiger charge is 2.43. The Morgan fingerprint density at radius 3 is 2.40 bits per heavy atom. The second-order valence-electron chi connectivity index (χ2n) is 8.16. The molecule has 2 aromatic rings. The molecule has 0 fully saturated rings. The fourth-order valence-corrected chi connectivity index (χ4v) is 3.88. The van der Waals surface area contributed by atoms with Gasteiger partial charge in [0.2, 0.25) is 0 Å². The number of halogens is 5. The molecule has 194 valence electrons. The molecule has 1 aliphatic heterocycles. The van der Waals surface area contributed by atoms with Crippen molar-refractivity contribution in [1.29, 1.82) is 0 Å². The Balaban J connectivity index is 1.59. The summed E-state index contributed by atoms with van der Waals surface area (Å²) in [6.45, 7) is -0.703. The number of alkyl halides is 5. The van der Waals surface area contributed by atoms with Gasteiger partial charge in [0.15, 0.2) is 20.2 Å². The van der Waals surface area contributed by atoms with E-state index < -0.39 is 38.9 Å². The van der Waals surface area contributed by atoms with Gasteiger partial charge in [0.1, 0.15) is 5.75 Å². The van der Waals surface area contributed by atoms with Gasteiger partial charge in [-0.15, -0.1) is 8.78 Å². The third-order valence-electron chi connectivity index (χ3n) is 5.35. The molecule has 13 heteroatoms. The van der Waals surface area contributed by atoms with Crippen LogP contribution in [0, 0.1) is 0 Å². The first-order valence-corrected chi connectivity index (χ1v) is 11.6. The van der Waals surface area contributed by atoms with Crippen LogP contribution in [0.4, 0.5) is 22.0 Å². The summed E-state index contributed by atoms with van der Waals surface area (Å²) >= 11 is 0. The number of nitrogens with two attached hydrogens (primary N) is 1. The predicted molar refractivity (Wildman–Crippen MR) is 117 cm³/mol. The van der Waals surface area contributed by atoms with Crippen LogP contribution in [0.25, 0.3) is 0 Å². The van der Waals surface area contributed by atoms with Crippen LogP contribution < -0.4 is 19.9 Å². The number of benzene rings is 2. The largest absolute Gasteiger partial charge is 0.586 e. The van der Waals surface area contributed by atoms with Crippen LogP contribution in [0.5, 0.6) is 17.2 Å². The van der Waals surface area contributed by atoms with Gasteiger partial charge < -0.3 is 29.6 Å². The number of hydrogen-bond donors (Lipinski definition) is 2. The van der Waals surface area contributed by atoms with Crippen molar-refractivity contribution in [3.05, 3.63) is 53.1 Å². The quantitative estimate of drug-likeness (QED) is 0.242. The molecule has 0 amide bonds. The van der Waals surface area contributed by atoms with Gasteiger partial charge in [-0.2, -0.15) is 13.2 Å². The summed E-state index contributed by atoms with van der Waals surface area (Å²) in [4.78, 5) is 0. The number of rotatable bonds is 12. The molecule has 2 aromatic carbocycles. The first-order chi connectivity index (χ1) is 16.4. The van der Waals surface area contributed by atoms with Gasteiger partial charge in [0, 0.05) is 0 Å². The lowest BCUT2D eigenvalue weighted by atomic mass is 9.93. The van der Waals surface area contributed by atoms with Crippen molar-refractivity contribution >= 4 is 8.69 Å². The monoisotopic (exact) mass is 525 g/mol. The van der Waals surface area contributed by atoms with E-state index in [0.29, 0.717) is 24.0 Å². The van der Waals surface area contributed by atoms with E-state index in [9.17, 15) is 31.6 Å². The SMILES string of the molecule is NC(CO)(CCc1ccc(OCCCc2ccc3c(c2)OC(F)(F)O3)c(C(F)(F)F)c1)CO[PH2]=O. The van der Waals surface area contributed by atoms with Crippen molar-refractivity contribution in [2.45, 2.75) is 43.7 Å². The van der Waals surface area contributed by atoms with Crippen LogP contribution in [0.3, 0.4) is 0 Å². The molecule has 0 radical (unpaired) electrons. The standard InChI is InChI=1S/C22H25F5NO6P/c23-21(24,25)16-10-15(7-8-20(28,12-29)13-32-35-30)3-5-17(16)31-9-1-2-14-4-6-18-19(11-14)34-22(26,27)33-18/h3-6,10-11,29H,1-2,7-9,12-13,28,35H2. The molecule has 1 heterocycles. The van der Waals surface area contributed by atoms with E-state index in [2.05, 4.69) is 9.47 Å². The number of fused-ring (bicyclic) bond motifs is 1. The zero-order valence-electron chi connectivity index (χ0n) is 18.4. The van der Waals surface area contributed by atoms with Gasteiger partial charge in [-0.1, -0.05) is 12.1 Å². The summed E-state index contributed by atoms with van der Waals surface area (Å²) in [5.41, 5.74) is 4.75. The average molecular weight is 525 g/mol. The summed E-state index contributed by atoms with van der Waals surface area (Å²) in [6.07, 6.45) is -7.47. The number of hydrogen-bond acceptors (Lipinski definition) is 7. The molecular formula is C22H25F5NO6P. The zero-order chi connectivity index (χ0) is 25.7. The minimum absolute atomic E-state index is 0.0433. The second kappa shape index (κ2) is 11.1. The third-order valence-corrected chi connectivity index (χ3v) is 5.65. The minimum Gasteiger partial charge on any atom is -0.493 e. The Labute approximate surface area is 199 Å². The van der Waals surface area contributed by atoms with Crippen LogP contribution in [0.15, 0.2) is 36.4 Å². The van der Waals surface area contributed by atoms with Gasteiger partial charge >= 0.3 is 12.5 Å². The molecule has 2 unspecified atom stereocenters. The first-order valence-electron chi connectivity index (χ1n) is 10.6. The van der Waals surface area contributed by atoms with Crippen LogP contribution in [-0.2, 0) is 28.1 Å². The summed E-state index contributed by atoms with van der Waals surface area (Å²) in [7, 11) is -1.52. The number of aliphatic hydroxyl groups is 1. The van der Waals surface area contributed by atoms with Crippen molar-refractivity contribution < 1.29 is 50.4 Å². The van der Waals surface area contributed by atoms with E-state index in [1.54, 1.807) is 6.07 Å². The molecule has 1 aliphatic rings. The zero-order valence-corrected chi connectivity index (χ0v) is 19.6. The summed E-state index contributed by atoms with van der Waals surface area (Å²) in [5, 5.41) is 9.45. The molecule has 0 spiro atoms. The van der Waals surface area contributed by atoms with Crippen LogP contribution >= 0.6 is 8.69 Å². The Bertz CT molecular complexity index is 1040. The van der Waals surface area contributed by atoms with E-state index in [1.165, 1.54) is 24.3 Å². The molecular weight excluding hydrogens is 500 g/mol. The smallest absolute Gasteiger partial charge is 0.493 e. The van der Waals surface area contributed by atoms with Gasteiger partial charge in [0.25, 0.3) is 0 Å². The van der Waals surface area contributed by atoms with E-state index in [4.69, 9.17) is 15.0 Å². The Morgan fingerprint density at radius 2 is 1.71 bits per heavy atom. The molecule has 2 atom stereocenters. The summed E-state index contributed by atoms with van der Waals surface area (Å²) in [5.74, 6) is -0.534. The number of ether oxygens (including phenoxy) is 3. The Hall–Kier alpha value is -2.40. The molecule has 3 rings (SSSR count). The molecule has 7 nitrogen and oxygen atoms in total. The van der Waals surface area contributed by atoms with Gasteiger partial charge in [-0.25, -0.2) is 0 Å². The van der Waals surface area contributed by atoms with Gasteiger partial charge in [-0.05, 0) is 61.1 Å². The molecule has 35 heavy (non-hydrogen) atoms. The lowest BCUT2D eigenvalue weighted by Crippen LogP contribution is -2.47. The molecule has 0 bridgehead atoms. The lowest BCUT2D eigenvalue weighted by Gasteiger charge is -2.26. The summed E-state index contributed by atoms with van der Waals surface area (Å²) < 4.78 is 96.5. The normalized spacial score (nSPS) is 16.5. The van der Waals surface area contributed by atoms with Crippen LogP contribution in [0.2, 0.25) is 0 Å². The van der Waals surface area contributed by atoms with Crippen molar-refractivity contribution in [2.75, 3.05) is 19.8 Å². The first kappa shape index (κ1) is 27.2. The van der Waals surface area contributed by atoms with E-state index >= 15 is 0 Å². The van der Waals surface area contributed by atoms with Crippen molar-refractivity contribution in [3.63, 3.8) is 0 Å². The summed E-state index contributed by atoms with van der Waals surface area (Å²) in [6, 6.07) is 7.95. The van der Waals surface area contributed by atoms with Crippen LogP contribution in [-0.4, -0.2) is 36.8 Å². The Kier molecular flexibility index (Phi) is 8.63. The fraction of sp³-hybridized carbons (Fsp3) is 0.455. The van der Waals surface area contributed by atoms with Crippen molar-refractivity contribution in [2.24, 2.45) is 5.73 Å². The highest BCUT2D eigenvalue weighted by Crippen LogP contribution is 2.41. The van der Waals surface area contributed by atoms with E-state index in [0.717, 1.165) is 6.07 Å². The molecule has 0 aromatic heterocycles. The highest BCUT2D eigenvalue weighted by atomic mass is 31.1. The average Bonchev–Trinajstić information content (AvgIpc) is 3.12. The van der Waals surface area contributed by atoms with Gasteiger partial charge in [0.05, 0.1) is 30.9 Å². The van der Waals surface area contributed by atoms with E-state index in [1.807, 2.05) is 0 Å². The van der Waals surface area contributed by atoms with Crippen LogP contribution in [0.1, 0.15) is 29.5 Å². The second-order valence-corrected chi connectivity index (χ2v) is 8.68. The van der Waals surface area contributed by atoms with Crippen molar-refractivity contribution in [1.82, 2.24) is 0 Å². The van der Waals surface area contributed by atoms with Gasteiger partial charge in [-0.3, -0.25) is 4.57 Å². The Morgan fingerprint density at radius 1 is 1.03 bits per heavy atom. The number of aryl methyl sites for hydroxylation is 2.